The van der Waals surface area contributed by atoms with Crippen LogP contribution >= 0.6 is 34.3 Å². The minimum absolute atomic E-state index is 0.0969. The first-order valence-corrected chi connectivity index (χ1v) is 9.27. The van der Waals surface area contributed by atoms with Gasteiger partial charge >= 0.3 is 0 Å². The molecule has 1 aromatic carbocycles. The highest BCUT2D eigenvalue weighted by molar-refractivity contribution is 7.16. The molecule has 0 saturated heterocycles. The normalized spacial score (nSPS) is 10.6. The smallest absolute Gasteiger partial charge is 0.231 e. The van der Waals surface area contributed by atoms with Gasteiger partial charge in [0.25, 0.3) is 0 Å². The quantitative estimate of drug-likeness (QED) is 0.677. The van der Waals surface area contributed by atoms with Crippen molar-refractivity contribution in [1.29, 1.82) is 0 Å². The van der Waals surface area contributed by atoms with E-state index in [4.69, 9.17) is 16.3 Å². The second kappa shape index (κ2) is 7.34. The molecule has 0 saturated carbocycles. The van der Waals surface area contributed by atoms with E-state index in [1.165, 1.54) is 22.7 Å². The number of hydrogen-bond acceptors (Lipinski definition) is 5. The van der Waals surface area contributed by atoms with E-state index in [0.29, 0.717) is 15.9 Å². The number of nitrogens with one attached hydrogen (secondary N) is 1. The van der Waals surface area contributed by atoms with Crippen molar-refractivity contribution in [2.24, 2.45) is 0 Å². The zero-order chi connectivity index (χ0) is 17.1. The number of rotatable bonds is 5. The van der Waals surface area contributed by atoms with Gasteiger partial charge in [-0.25, -0.2) is 4.98 Å². The maximum Gasteiger partial charge on any atom is 0.231 e. The number of aromatic nitrogens is 1. The summed E-state index contributed by atoms with van der Waals surface area (Å²) in [5.41, 5.74) is 2.87. The maximum absolute atomic E-state index is 12.1. The van der Waals surface area contributed by atoms with Crippen LogP contribution in [-0.2, 0) is 11.2 Å². The van der Waals surface area contributed by atoms with Crippen molar-refractivity contribution >= 4 is 45.3 Å². The Balaban J connectivity index is 1.69. The minimum atomic E-state index is -0.0969. The van der Waals surface area contributed by atoms with E-state index in [-0.39, 0.29) is 5.91 Å². The van der Waals surface area contributed by atoms with E-state index in [0.717, 1.165) is 27.4 Å². The van der Waals surface area contributed by atoms with Gasteiger partial charge in [-0.3, -0.25) is 4.79 Å². The van der Waals surface area contributed by atoms with Gasteiger partial charge in [0.15, 0.2) is 5.13 Å². The van der Waals surface area contributed by atoms with Crippen LogP contribution in [0.2, 0.25) is 4.34 Å². The third kappa shape index (κ3) is 3.95. The van der Waals surface area contributed by atoms with Gasteiger partial charge in [0, 0.05) is 15.8 Å². The van der Waals surface area contributed by atoms with Crippen LogP contribution in [0.15, 0.2) is 35.7 Å². The van der Waals surface area contributed by atoms with Crippen molar-refractivity contribution in [2.75, 3.05) is 12.4 Å². The van der Waals surface area contributed by atoms with Crippen LogP contribution in [0.5, 0.6) is 5.75 Å². The zero-order valence-corrected chi connectivity index (χ0v) is 15.5. The van der Waals surface area contributed by atoms with Crippen LogP contribution in [0.3, 0.4) is 0 Å². The number of thiazole rings is 1. The number of hydrogen-bond donors (Lipinski definition) is 1. The average Bonchev–Trinajstić information content (AvgIpc) is 3.16. The first kappa shape index (κ1) is 17.0. The number of amides is 1. The van der Waals surface area contributed by atoms with Crippen molar-refractivity contribution in [1.82, 2.24) is 4.98 Å². The lowest BCUT2D eigenvalue weighted by molar-refractivity contribution is -0.115. The number of methoxy groups -OCH3 is 1. The number of anilines is 1. The predicted molar refractivity (Wildman–Crippen MR) is 101 cm³/mol. The molecule has 2 heterocycles. The number of halogens is 1. The van der Waals surface area contributed by atoms with Gasteiger partial charge in [-0.05, 0) is 42.8 Å². The van der Waals surface area contributed by atoms with E-state index in [1.54, 1.807) is 13.2 Å². The molecule has 0 radical (unpaired) electrons. The molecule has 0 atom stereocenters. The van der Waals surface area contributed by atoms with E-state index < -0.39 is 0 Å². The maximum atomic E-state index is 12.1. The SMILES string of the molecule is COc1ccc(-c2csc(NC(=O)Cc3ccc(Cl)s3)n2)cc1C. The largest absolute Gasteiger partial charge is 0.496 e. The Bertz CT molecular complexity index is 873. The monoisotopic (exact) mass is 378 g/mol. The lowest BCUT2D eigenvalue weighted by atomic mass is 10.1. The molecule has 0 aliphatic carbocycles. The second-order valence-corrected chi connectivity index (χ2v) is 7.81. The van der Waals surface area contributed by atoms with Gasteiger partial charge < -0.3 is 10.1 Å². The Morgan fingerprint density at radius 1 is 1.33 bits per heavy atom. The fourth-order valence-electron chi connectivity index (χ4n) is 2.27. The number of carbonyl (C=O) groups is 1. The summed E-state index contributed by atoms with van der Waals surface area (Å²) in [5.74, 6) is 0.748. The standard InChI is InChI=1S/C17H15ClN2O2S2/c1-10-7-11(3-5-14(10)22-2)13-9-23-17(19-13)20-16(21)8-12-4-6-15(18)24-12/h3-7,9H,8H2,1-2H3,(H,19,20,21). The molecule has 24 heavy (non-hydrogen) atoms. The third-order valence-electron chi connectivity index (χ3n) is 3.40. The summed E-state index contributed by atoms with van der Waals surface area (Å²) in [6.45, 7) is 1.99. The first-order chi connectivity index (χ1) is 11.5. The second-order valence-electron chi connectivity index (χ2n) is 5.15. The Labute approximate surface area is 153 Å². The van der Waals surface area contributed by atoms with Gasteiger partial charge in [0.1, 0.15) is 5.75 Å². The highest BCUT2D eigenvalue weighted by Crippen LogP contribution is 2.29. The predicted octanol–water partition coefficient (Wildman–Crippen LogP) is 5.02. The molecule has 0 spiro atoms. The van der Waals surface area contributed by atoms with Crippen molar-refractivity contribution in [2.45, 2.75) is 13.3 Å². The van der Waals surface area contributed by atoms with Crippen molar-refractivity contribution < 1.29 is 9.53 Å². The van der Waals surface area contributed by atoms with Gasteiger partial charge in [-0.2, -0.15) is 0 Å². The lowest BCUT2D eigenvalue weighted by Crippen LogP contribution is -2.13. The summed E-state index contributed by atoms with van der Waals surface area (Å²) in [6, 6.07) is 9.55. The van der Waals surface area contributed by atoms with E-state index in [1.807, 2.05) is 36.6 Å². The molecular weight excluding hydrogens is 364 g/mol. The number of benzene rings is 1. The summed E-state index contributed by atoms with van der Waals surface area (Å²) in [6.07, 6.45) is 0.300. The average molecular weight is 379 g/mol. The fraction of sp³-hybridized carbons (Fsp3) is 0.176. The number of thiophene rings is 1. The highest BCUT2D eigenvalue weighted by Gasteiger charge is 2.11. The number of nitrogens with zero attached hydrogens (tertiary/aromatic N) is 1. The van der Waals surface area contributed by atoms with Crippen LogP contribution < -0.4 is 10.1 Å². The van der Waals surface area contributed by atoms with Crippen molar-refractivity contribution in [3.63, 3.8) is 0 Å². The first-order valence-electron chi connectivity index (χ1n) is 7.20. The number of ether oxygens (including phenoxy) is 1. The van der Waals surface area contributed by atoms with E-state index in [2.05, 4.69) is 10.3 Å². The topological polar surface area (TPSA) is 51.2 Å². The Hall–Kier alpha value is -1.89. The van der Waals surface area contributed by atoms with E-state index in [9.17, 15) is 4.79 Å². The highest BCUT2D eigenvalue weighted by atomic mass is 35.5. The minimum Gasteiger partial charge on any atom is -0.496 e. The Morgan fingerprint density at radius 3 is 2.83 bits per heavy atom. The van der Waals surface area contributed by atoms with E-state index >= 15 is 0 Å². The fourth-order valence-corrected chi connectivity index (χ4v) is 4.09. The molecule has 0 aliphatic rings. The molecule has 0 fully saturated rings. The molecule has 0 aliphatic heterocycles. The molecule has 1 N–H and O–H groups in total. The molecule has 0 bridgehead atoms. The molecular formula is C17H15ClN2O2S2. The van der Waals surface area contributed by atoms with Crippen LogP contribution in [0.25, 0.3) is 11.3 Å². The zero-order valence-electron chi connectivity index (χ0n) is 13.1. The van der Waals surface area contributed by atoms with Crippen LogP contribution in [0.4, 0.5) is 5.13 Å². The van der Waals surface area contributed by atoms with Crippen LogP contribution in [0.1, 0.15) is 10.4 Å². The number of aryl methyl sites for hydroxylation is 1. The Morgan fingerprint density at radius 2 is 2.17 bits per heavy atom. The van der Waals surface area contributed by atoms with Crippen LogP contribution in [-0.4, -0.2) is 18.0 Å². The van der Waals surface area contributed by atoms with Crippen molar-refractivity contribution in [3.8, 4) is 17.0 Å². The molecule has 7 heteroatoms. The molecule has 4 nitrogen and oxygen atoms in total. The molecule has 1 amide bonds. The van der Waals surface area contributed by atoms with Crippen molar-refractivity contribution in [3.05, 3.63) is 50.5 Å². The molecule has 2 aromatic heterocycles. The van der Waals surface area contributed by atoms with Crippen LogP contribution in [0, 0.1) is 6.92 Å². The summed E-state index contributed by atoms with van der Waals surface area (Å²) in [4.78, 5) is 17.5. The summed E-state index contributed by atoms with van der Waals surface area (Å²) < 4.78 is 5.95. The lowest BCUT2D eigenvalue weighted by Gasteiger charge is -2.05. The summed E-state index contributed by atoms with van der Waals surface area (Å²) >= 11 is 8.69. The third-order valence-corrected chi connectivity index (χ3v) is 5.39. The van der Waals surface area contributed by atoms with Gasteiger partial charge in [-0.1, -0.05) is 11.6 Å². The van der Waals surface area contributed by atoms with Gasteiger partial charge in [0.05, 0.1) is 23.6 Å². The van der Waals surface area contributed by atoms with Gasteiger partial charge in [0.2, 0.25) is 5.91 Å². The molecule has 3 aromatic rings. The molecule has 124 valence electrons. The Kier molecular flexibility index (Phi) is 5.18. The summed E-state index contributed by atoms with van der Waals surface area (Å²) in [5, 5.41) is 5.35. The molecule has 3 rings (SSSR count). The molecule has 0 unspecified atom stereocenters. The number of carbonyl (C=O) groups excluding carboxylic acids is 1. The van der Waals surface area contributed by atoms with Gasteiger partial charge in [-0.15, -0.1) is 22.7 Å². The summed E-state index contributed by atoms with van der Waals surface area (Å²) in [7, 11) is 1.65.